The van der Waals surface area contributed by atoms with E-state index in [9.17, 15) is 4.79 Å². The minimum absolute atomic E-state index is 0.0187. The van der Waals surface area contributed by atoms with Gasteiger partial charge in [-0.2, -0.15) is 5.26 Å². The van der Waals surface area contributed by atoms with Crippen molar-refractivity contribution >= 4 is 5.91 Å². The molecule has 5 nitrogen and oxygen atoms in total. The lowest BCUT2D eigenvalue weighted by Crippen LogP contribution is -2.38. The fraction of sp³-hybridized carbons (Fsp3) is 0.385. The van der Waals surface area contributed by atoms with E-state index >= 15 is 0 Å². The SMILES string of the molecule is CCOOCC(C#N)NC(=O)Cc1ccccc1. The van der Waals surface area contributed by atoms with Gasteiger partial charge in [-0.25, -0.2) is 9.78 Å². The van der Waals surface area contributed by atoms with Crippen LogP contribution in [0.3, 0.4) is 0 Å². The van der Waals surface area contributed by atoms with Gasteiger partial charge in [0.25, 0.3) is 0 Å². The maximum Gasteiger partial charge on any atom is 0.225 e. The second kappa shape index (κ2) is 8.23. The lowest BCUT2D eigenvalue weighted by Gasteiger charge is -2.11. The predicted octanol–water partition coefficient (Wildman–Crippen LogP) is 1.21. The van der Waals surface area contributed by atoms with Crippen LogP contribution in [-0.4, -0.2) is 25.2 Å². The Morgan fingerprint density at radius 2 is 2.11 bits per heavy atom. The number of benzene rings is 1. The number of nitriles is 1. The van der Waals surface area contributed by atoms with Crippen LogP contribution in [0, 0.1) is 11.3 Å². The molecule has 0 fully saturated rings. The van der Waals surface area contributed by atoms with E-state index in [4.69, 9.17) is 10.1 Å². The van der Waals surface area contributed by atoms with Crippen molar-refractivity contribution in [1.82, 2.24) is 5.32 Å². The molecule has 0 aliphatic heterocycles. The summed E-state index contributed by atoms with van der Waals surface area (Å²) in [5.74, 6) is -0.215. The monoisotopic (exact) mass is 248 g/mol. The first-order chi connectivity index (χ1) is 8.76. The van der Waals surface area contributed by atoms with Crippen molar-refractivity contribution < 1.29 is 14.6 Å². The molecule has 0 saturated heterocycles. The van der Waals surface area contributed by atoms with Crippen LogP contribution in [0.2, 0.25) is 0 Å². The summed E-state index contributed by atoms with van der Waals surface area (Å²) in [5, 5.41) is 11.4. The first kappa shape index (κ1) is 14.2. The molecule has 96 valence electrons. The minimum atomic E-state index is -0.701. The quantitative estimate of drug-likeness (QED) is 0.447. The van der Waals surface area contributed by atoms with E-state index in [0.29, 0.717) is 6.61 Å². The zero-order valence-corrected chi connectivity index (χ0v) is 10.3. The number of amides is 1. The van der Waals surface area contributed by atoms with Crippen molar-refractivity contribution in [2.75, 3.05) is 13.2 Å². The molecule has 18 heavy (non-hydrogen) atoms. The molecule has 0 saturated carbocycles. The van der Waals surface area contributed by atoms with Gasteiger partial charge < -0.3 is 5.32 Å². The standard InChI is InChI=1S/C13H16N2O3/c1-2-17-18-10-12(9-14)15-13(16)8-11-6-4-3-5-7-11/h3-7,12H,2,8,10H2,1H3,(H,15,16). The zero-order valence-electron chi connectivity index (χ0n) is 10.3. The number of hydrogen-bond acceptors (Lipinski definition) is 4. The van der Waals surface area contributed by atoms with Crippen LogP contribution in [0.4, 0.5) is 0 Å². The number of carbonyl (C=O) groups excluding carboxylic acids is 1. The number of nitrogens with zero attached hydrogens (tertiary/aromatic N) is 1. The van der Waals surface area contributed by atoms with Crippen LogP contribution in [0.25, 0.3) is 0 Å². The molecule has 0 aromatic heterocycles. The van der Waals surface area contributed by atoms with Crippen LogP contribution in [-0.2, 0) is 21.0 Å². The second-order valence-electron chi connectivity index (χ2n) is 3.60. The topological polar surface area (TPSA) is 71.3 Å². The second-order valence-corrected chi connectivity index (χ2v) is 3.60. The highest BCUT2D eigenvalue weighted by molar-refractivity contribution is 5.79. The van der Waals surface area contributed by atoms with Gasteiger partial charge in [0, 0.05) is 0 Å². The van der Waals surface area contributed by atoms with Gasteiger partial charge in [0.1, 0.15) is 12.6 Å². The molecule has 0 spiro atoms. The number of rotatable bonds is 7. The number of nitrogens with one attached hydrogen (secondary N) is 1. The van der Waals surface area contributed by atoms with Crippen molar-refractivity contribution in [3.63, 3.8) is 0 Å². The predicted molar refractivity (Wildman–Crippen MR) is 65.3 cm³/mol. The Kier molecular flexibility index (Phi) is 6.47. The van der Waals surface area contributed by atoms with E-state index in [0.717, 1.165) is 5.56 Å². The van der Waals surface area contributed by atoms with Gasteiger partial charge >= 0.3 is 0 Å². The van der Waals surface area contributed by atoms with Crippen molar-refractivity contribution in [3.8, 4) is 6.07 Å². The summed E-state index contributed by atoms with van der Waals surface area (Å²) in [5.41, 5.74) is 0.900. The third-order valence-corrected chi connectivity index (χ3v) is 2.13. The Morgan fingerprint density at radius 1 is 1.39 bits per heavy atom. The highest BCUT2D eigenvalue weighted by atomic mass is 17.2. The van der Waals surface area contributed by atoms with E-state index in [-0.39, 0.29) is 18.9 Å². The summed E-state index contributed by atoms with van der Waals surface area (Å²) in [7, 11) is 0. The molecule has 1 atom stereocenters. The molecule has 1 amide bonds. The molecule has 0 heterocycles. The zero-order chi connectivity index (χ0) is 13.2. The molecule has 0 aliphatic rings. The van der Waals surface area contributed by atoms with Gasteiger partial charge in [-0.05, 0) is 12.5 Å². The fourth-order valence-corrected chi connectivity index (χ4v) is 1.34. The van der Waals surface area contributed by atoms with Crippen molar-refractivity contribution in [2.24, 2.45) is 0 Å². The summed E-state index contributed by atoms with van der Waals surface area (Å²) in [6.45, 7) is 2.19. The highest BCUT2D eigenvalue weighted by Gasteiger charge is 2.12. The molecule has 1 N–H and O–H groups in total. The Morgan fingerprint density at radius 3 is 2.72 bits per heavy atom. The van der Waals surface area contributed by atoms with Gasteiger partial charge in [0.05, 0.1) is 19.1 Å². The van der Waals surface area contributed by atoms with Crippen molar-refractivity contribution in [3.05, 3.63) is 35.9 Å². The normalized spacial score (nSPS) is 11.6. The molecule has 5 heteroatoms. The lowest BCUT2D eigenvalue weighted by molar-refractivity contribution is -0.292. The Labute approximate surface area is 106 Å². The first-order valence-corrected chi connectivity index (χ1v) is 5.73. The molecule has 0 radical (unpaired) electrons. The third kappa shape index (κ3) is 5.43. The van der Waals surface area contributed by atoms with E-state index in [1.165, 1.54) is 0 Å². The number of carbonyl (C=O) groups is 1. The van der Waals surface area contributed by atoms with Gasteiger partial charge in [-0.3, -0.25) is 4.79 Å². The summed E-state index contributed by atoms with van der Waals surface area (Å²) < 4.78 is 0. The summed E-state index contributed by atoms with van der Waals surface area (Å²) in [6.07, 6.45) is 0.244. The van der Waals surface area contributed by atoms with Crippen LogP contribution in [0.15, 0.2) is 30.3 Å². The molecule has 0 aliphatic carbocycles. The van der Waals surface area contributed by atoms with Gasteiger partial charge in [-0.1, -0.05) is 30.3 Å². The molecule has 1 aromatic rings. The summed E-state index contributed by atoms with van der Waals surface area (Å²) in [6, 6.07) is 10.6. The Hall–Kier alpha value is -1.90. The van der Waals surface area contributed by atoms with Crippen LogP contribution < -0.4 is 5.32 Å². The summed E-state index contributed by atoms with van der Waals surface area (Å²) in [4.78, 5) is 21.1. The first-order valence-electron chi connectivity index (χ1n) is 5.73. The van der Waals surface area contributed by atoms with E-state index in [1.54, 1.807) is 6.92 Å². The molecule has 1 rings (SSSR count). The number of hydrogen-bond donors (Lipinski definition) is 1. The van der Waals surface area contributed by atoms with Crippen LogP contribution in [0.1, 0.15) is 12.5 Å². The summed E-state index contributed by atoms with van der Waals surface area (Å²) >= 11 is 0. The van der Waals surface area contributed by atoms with Crippen LogP contribution >= 0.6 is 0 Å². The Bertz CT molecular complexity index is 400. The molecule has 1 aromatic carbocycles. The van der Waals surface area contributed by atoms with E-state index in [1.807, 2.05) is 36.4 Å². The van der Waals surface area contributed by atoms with Gasteiger partial charge in [0.15, 0.2) is 0 Å². The average Bonchev–Trinajstić information content (AvgIpc) is 2.39. The maximum absolute atomic E-state index is 11.7. The molecule has 1 unspecified atom stereocenters. The van der Waals surface area contributed by atoms with Crippen molar-refractivity contribution in [1.29, 1.82) is 5.26 Å². The third-order valence-electron chi connectivity index (χ3n) is 2.13. The Balaban J connectivity index is 2.36. The average molecular weight is 248 g/mol. The molecular weight excluding hydrogens is 232 g/mol. The van der Waals surface area contributed by atoms with Crippen molar-refractivity contribution in [2.45, 2.75) is 19.4 Å². The maximum atomic E-state index is 11.7. The lowest BCUT2D eigenvalue weighted by atomic mass is 10.1. The highest BCUT2D eigenvalue weighted by Crippen LogP contribution is 1.99. The van der Waals surface area contributed by atoms with Gasteiger partial charge in [-0.15, -0.1) is 0 Å². The van der Waals surface area contributed by atoms with Crippen LogP contribution in [0.5, 0.6) is 0 Å². The van der Waals surface area contributed by atoms with E-state index < -0.39 is 6.04 Å². The smallest absolute Gasteiger partial charge is 0.225 e. The molecular formula is C13H16N2O3. The minimum Gasteiger partial charge on any atom is -0.338 e. The van der Waals surface area contributed by atoms with E-state index in [2.05, 4.69) is 10.2 Å². The van der Waals surface area contributed by atoms with Gasteiger partial charge in [0.2, 0.25) is 5.91 Å². The largest absolute Gasteiger partial charge is 0.338 e. The fourth-order valence-electron chi connectivity index (χ4n) is 1.34. The molecule has 0 bridgehead atoms.